The van der Waals surface area contributed by atoms with Crippen molar-refractivity contribution in [2.45, 2.75) is 84.6 Å². The van der Waals surface area contributed by atoms with Crippen LogP contribution in [0.5, 0.6) is 0 Å². The van der Waals surface area contributed by atoms with Gasteiger partial charge in [0.15, 0.2) is 0 Å². The third-order valence-corrected chi connectivity index (χ3v) is 7.90. The summed E-state index contributed by atoms with van der Waals surface area (Å²) in [6.07, 6.45) is 11.1. The normalized spacial score (nSPS) is 43.5. The molecular weight excluding hydrogens is 312 g/mol. The Labute approximate surface area is 153 Å². The second-order valence-corrected chi connectivity index (χ2v) is 8.91. The number of fused-ring (bicyclic) bond motifs is 1. The van der Waals surface area contributed by atoms with Gasteiger partial charge in [-0.1, -0.05) is 27.2 Å². The summed E-state index contributed by atoms with van der Waals surface area (Å²) in [5.41, 5.74) is 4.98. The minimum Gasteiger partial charge on any atom is -0.353 e. The predicted molar refractivity (Wildman–Crippen MR) is 102 cm³/mol. The van der Waals surface area contributed by atoms with Gasteiger partial charge in [-0.15, -0.1) is 0 Å². The Bertz CT molecular complexity index is 481. The molecule has 1 aliphatic heterocycles. The Morgan fingerprint density at radius 1 is 1.12 bits per heavy atom. The minimum absolute atomic E-state index is 0.239. The van der Waals surface area contributed by atoms with Crippen LogP contribution < -0.4 is 11.1 Å². The predicted octanol–water partition coefficient (Wildman–Crippen LogP) is 3.68. The topological polar surface area (TPSA) is 72.2 Å². The van der Waals surface area contributed by atoms with Crippen molar-refractivity contribution < 1.29 is 9.59 Å². The maximum absolute atomic E-state index is 11.9. The lowest BCUT2D eigenvalue weighted by Crippen LogP contribution is -2.55. The van der Waals surface area contributed by atoms with E-state index in [1.807, 2.05) is 0 Å². The summed E-state index contributed by atoms with van der Waals surface area (Å²) in [5, 5.41) is 3.30. The first kappa shape index (κ1) is 20.4. The number of carbonyl (C=O) groups excluding carboxylic acids is 2. The van der Waals surface area contributed by atoms with E-state index < -0.39 is 0 Å². The number of amides is 1. The summed E-state index contributed by atoms with van der Waals surface area (Å²) in [4.78, 5) is 23.3. The van der Waals surface area contributed by atoms with Crippen LogP contribution in [0.1, 0.15) is 78.6 Å². The number of hydrogen-bond acceptors (Lipinski definition) is 3. The van der Waals surface area contributed by atoms with Gasteiger partial charge in [0.25, 0.3) is 0 Å². The van der Waals surface area contributed by atoms with Crippen molar-refractivity contribution in [3.63, 3.8) is 0 Å². The van der Waals surface area contributed by atoms with E-state index in [-0.39, 0.29) is 22.7 Å². The van der Waals surface area contributed by atoms with E-state index >= 15 is 0 Å². The molecule has 4 nitrogen and oxygen atoms in total. The highest BCUT2D eigenvalue weighted by atomic mass is 16.1. The molecule has 0 radical (unpaired) electrons. The molecule has 0 aromatic heterocycles. The SMILES string of the molecule is CCC[C@H]1NC(=O)CCC1(C)C1CCC2(C)C(C=O)CCC2C1.CN. The average molecular weight is 351 g/mol. The number of rotatable bonds is 4. The lowest BCUT2D eigenvalue weighted by molar-refractivity contribution is -0.129. The molecule has 1 amide bonds. The summed E-state index contributed by atoms with van der Waals surface area (Å²) in [5.74, 6) is 1.92. The second-order valence-electron chi connectivity index (χ2n) is 8.91. The molecule has 4 heteroatoms. The van der Waals surface area contributed by atoms with Gasteiger partial charge in [-0.3, -0.25) is 4.79 Å². The smallest absolute Gasteiger partial charge is 0.220 e. The van der Waals surface area contributed by atoms with Crippen LogP contribution in [0.15, 0.2) is 0 Å². The highest BCUT2D eigenvalue weighted by molar-refractivity contribution is 5.77. The number of aldehydes is 1. The first-order valence-corrected chi connectivity index (χ1v) is 10.3. The minimum atomic E-state index is 0.239. The third kappa shape index (κ3) is 3.65. The van der Waals surface area contributed by atoms with Crippen molar-refractivity contribution in [2.75, 3.05) is 7.05 Å². The van der Waals surface area contributed by atoms with Gasteiger partial charge in [0.1, 0.15) is 6.29 Å². The Kier molecular flexibility index (Phi) is 6.69. The Balaban J connectivity index is 0.00000109. The van der Waals surface area contributed by atoms with E-state index in [2.05, 4.69) is 31.8 Å². The van der Waals surface area contributed by atoms with Crippen LogP contribution in [0.2, 0.25) is 0 Å². The van der Waals surface area contributed by atoms with Crippen molar-refractivity contribution in [3.05, 3.63) is 0 Å². The van der Waals surface area contributed by atoms with Crippen LogP contribution in [0.25, 0.3) is 0 Å². The van der Waals surface area contributed by atoms with E-state index in [9.17, 15) is 9.59 Å². The van der Waals surface area contributed by atoms with E-state index in [1.165, 1.54) is 39.0 Å². The maximum atomic E-state index is 11.9. The molecule has 0 aromatic carbocycles. The molecule has 1 saturated heterocycles. The Morgan fingerprint density at radius 3 is 2.44 bits per heavy atom. The molecule has 0 spiro atoms. The first-order chi connectivity index (χ1) is 11.9. The molecule has 2 aliphatic carbocycles. The molecular formula is C21H38N2O2. The van der Waals surface area contributed by atoms with Crippen LogP contribution in [-0.2, 0) is 9.59 Å². The fraction of sp³-hybridized carbons (Fsp3) is 0.905. The van der Waals surface area contributed by atoms with Crippen LogP contribution in [-0.4, -0.2) is 25.3 Å². The molecule has 6 atom stereocenters. The number of hydrogen-bond donors (Lipinski definition) is 2. The van der Waals surface area contributed by atoms with Gasteiger partial charge in [-0.25, -0.2) is 0 Å². The molecule has 3 rings (SSSR count). The van der Waals surface area contributed by atoms with Crippen LogP contribution in [0.3, 0.4) is 0 Å². The highest BCUT2D eigenvalue weighted by Gasteiger charge is 2.54. The molecule has 3 fully saturated rings. The lowest BCUT2D eigenvalue weighted by atomic mass is 9.55. The maximum Gasteiger partial charge on any atom is 0.220 e. The van der Waals surface area contributed by atoms with Gasteiger partial charge in [0, 0.05) is 18.4 Å². The summed E-state index contributed by atoms with van der Waals surface area (Å²) in [6.45, 7) is 6.99. The fourth-order valence-electron chi connectivity index (χ4n) is 6.06. The van der Waals surface area contributed by atoms with Gasteiger partial charge in [0.05, 0.1) is 0 Å². The zero-order valence-corrected chi connectivity index (χ0v) is 16.6. The van der Waals surface area contributed by atoms with E-state index in [0.29, 0.717) is 24.3 Å². The summed E-state index contributed by atoms with van der Waals surface area (Å²) >= 11 is 0. The Morgan fingerprint density at radius 2 is 1.80 bits per heavy atom. The van der Waals surface area contributed by atoms with Crippen molar-refractivity contribution in [1.29, 1.82) is 0 Å². The number of carbonyl (C=O) groups is 2. The molecule has 0 bridgehead atoms. The van der Waals surface area contributed by atoms with Crippen LogP contribution in [0.4, 0.5) is 0 Å². The quantitative estimate of drug-likeness (QED) is 0.760. The van der Waals surface area contributed by atoms with Crippen molar-refractivity contribution in [3.8, 4) is 0 Å². The summed E-state index contributed by atoms with van der Waals surface area (Å²) in [6, 6.07) is 0.339. The van der Waals surface area contributed by atoms with Crippen molar-refractivity contribution in [2.24, 2.45) is 34.3 Å². The van der Waals surface area contributed by atoms with Crippen molar-refractivity contribution >= 4 is 12.2 Å². The average Bonchev–Trinajstić information content (AvgIpc) is 2.95. The van der Waals surface area contributed by atoms with Gasteiger partial charge >= 0.3 is 0 Å². The molecule has 25 heavy (non-hydrogen) atoms. The van der Waals surface area contributed by atoms with E-state index in [4.69, 9.17) is 0 Å². The standard InChI is InChI=1S/C20H33NO2.CH5N/c1-4-5-17-20(3,11-9-18(23)21-17)15-8-10-19(2)14(12-15)6-7-16(19)13-22;1-2/h13-17H,4-12H2,1-3H3,(H,21,23);2H2,1H3/t14?,15?,16?,17-,19?,20?;/m1./s1. The largest absolute Gasteiger partial charge is 0.353 e. The fourth-order valence-corrected chi connectivity index (χ4v) is 6.06. The first-order valence-electron chi connectivity index (χ1n) is 10.3. The van der Waals surface area contributed by atoms with Crippen LogP contribution >= 0.6 is 0 Å². The second kappa shape index (κ2) is 8.20. The Hall–Kier alpha value is -0.900. The molecule has 3 N–H and O–H groups in total. The summed E-state index contributed by atoms with van der Waals surface area (Å²) < 4.78 is 0. The monoisotopic (exact) mass is 350 g/mol. The molecule has 0 aromatic rings. The lowest BCUT2D eigenvalue weighted by Gasteiger charge is -2.52. The van der Waals surface area contributed by atoms with Gasteiger partial charge < -0.3 is 15.8 Å². The zero-order valence-electron chi connectivity index (χ0n) is 16.6. The van der Waals surface area contributed by atoms with Crippen molar-refractivity contribution in [1.82, 2.24) is 5.32 Å². The third-order valence-electron chi connectivity index (χ3n) is 7.90. The number of nitrogens with one attached hydrogen (secondary N) is 1. The summed E-state index contributed by atoms with van der Waals surface area (Å²) in [7, 11) is 1.50. The van der Waals surface area contributed by atoms with Gasteiger partial charge in [-0.05, 0) is 74.7 Å². The zero-order chi connectivity index (χ0) is 18.7. The highest BCUT2D eigenvalue weighted by Crippen LogP contribution is 2.59. The molecule has 1 heterocycles. The van der Waals surface area contributed by atoms with Gasteiger partial charge in [-0.2, -0.15) is 0 Å². The molecule has 5 unspecified atom stereocenters. The van der Waals surface area contributed by atoms with E-state index in [1.54, 1.807) is 0 Å². The number of nitrogens with two attached hydrogens (primary N) is 1. The van der Waals surface area contributed by atoms with Gasteiger partial charge in [0.2, 0.25) is 5.91 Å². The van der Waals surface area contributed by atoms with Crippen LogP contribution in [0, 0.1) is 28.6 Å². The number of piperidine rings is 1. The molecule has 3 aliphatic rings. The molecule has 144 valence electrons. The molecule has 2 saturated carbocycles. The van der Waals surface area contributed by atoms with E-state index in [0.717, 1.165) is 25.7 Å².